The van der Waals surface area contributed by atoms with Crippen molar-refractivity contribution in [2.45, 2.75) is 13.0 Å². The van der Waals surface area contributed by atoms with Crippen LogP contribution in [0.3, 0.4) is 0 Å². The third kappa shape index (κ3) is 4.30. The van der Waals surface area contributed by atoms with Gasteiger partial charge in [-0.15, -0.1) is 0 Å². The summed E-state index contributed by atoms with van der Waals surface area (Å²) in [5, 5.41) is 9.25. The molecule has 0 aliphatic rings. The van der Waals surface area contributed by atoms with Crippen LogP contribution in [0.1, 0.15) is 11.1 Å². The van der Waals surface area contributed by atoms with E-state index in [1.54, 1.807) is 18.2 Å². The summed E-state index contributed by atoms with van der Waals surface area (Å²) in [6.45, 7) is 0.424. The second-order valence-corrected chi connectivity index (χ2v) is 4.58. The van der Waals surface area contributed by atoms with Crippen molar-refractivity contribution >= 4 is 17.6 Å². The highest BCUT2D eigenvalue weighted by Crippen LogP contribution is 2.22. The first-order valence-corrected chi connectivity index (χ1v) is 6.19. The first kappa shape index (κ1) is 13.4. The molecule has 0 radical (unpaired) electrons. The summed E-state index contributed by atoms with van der Waals surface area (Å²) in [5.41, 5.74) is 1.67. The Bertz CT molecular complexity index is 567. The molecule has 2 aromatic carbocycles. The molecule has 2 rings (SSSR count). The summed E-state index contributed by atoms with van der Waals surface area (Å²) in [6, 6.07) is 14.7. The molecule has 4 heteroatoms. The summed E-state index contributed by atoms with van der Waals surface area (Å²) >= 11 is 5.94. The Labute approximate surface area is 116 Å². The number of benzene rings is 2. The fraction of sp³-hybridized carbons (Fsp3) is 0.133. The topological polar surface area (TPSA) is 46.5 Å². The van der Waals surface area contributed by atoms with Crippen LogP contribution in [0.5, 0.6) is 5.75 Å². The lowest BCUT2D eigenvalue weighted by Gasteiger charge is -2.08. The molecule has 0 saturated carbocycles. The zero-order chi connectivity index (χ0) is 13.7. The van der Waals surface area contributed by atoms with E-state index in [2.05, 4.69) is 0 Å². The van der Waals surface area contributed by atoms with Gasteiger partial charge in [0, 0.05) is 5.02 Å². The average Bonchev–Trinajstić information content (AvgIpc) is 2.36. The lowest BCUT2D eigenvalue weighted by atomic mass is 10.1. The molecule has 0 spiro atoms. The third-order valence-electron chi connectivity index (χ3n) is 2.53. The van der Waals surface area contributed by atoms with Crippen molar-refractivity contribution in [3.8, 4) is 5.75 Å². The van der Waals surface area contributed by atoms with Crippen LogP contribution in [-0.4, -0.2) is 11.1 Å². The van der Waals surface area contributed by atoms with Crippen molar-refractivity contribution in [3.05, 3.63) is 64.7 Å². The van der Waals surface area contributed by atoms with Gasteiger partial charge in [0.15, 0.2) is 0 Å². The van der Waals surface area contributed by atoms with E-state index in [1.165, 1.54) is 0 Å². The van der Waals surface area contributed by atoms with Crippen molar-refractivity contribution in [3.63, 3.8) is 0 Å². The van der Waals surface area contributed by atoms with Crippen molar-refractivity contribution in [1.82, 2.24) is 0 Å². The highest BCUT2D eigenvalue weighted by atomic mass is 35.5. The van der Waals surface area contributed by atoms with Gasteiger partial charge in [-0.1, -0.05) is 41.9 Å². The number of ether oxygens (including phenoxy) is 1. The summed E-state index contributed by atoms with van der Waals surface area (Å²) in [4.78, 5) is 10.7. The Morgan fingerprint density at radius 2 is 1.84 bits per heavy atom. The van der Waals surface area contributed by atoms with Crippen molar-refractivity contribution in [2.75, 3.05) is 0 Å². The molecule has 0 fully saturated rings. The fourth-order valence-electron chi connectivity index (χ4n) is 1.72. The molecule has 0 heterocycles. The maximum atomic E-state index is 10.7. The minimum Gasteiger partial charge on any atom is -0.489 e. The van der Waals surface area contributed by atoms with E-state index < -0.39 is 5.97 Å². The highest BCUT2D eigenvalue weighted by Gasteiger charge is 2.05. The molecule has 0 aliphatic heterocycles. The average molecular weight is 277 g/mol. The zero-order valence-corrected chi connectivity index (χ0v) is 10.9. The molecule has 0 bridgehead atoms. The number of carboxylic acids is 1. The fourth-order valence-corrected chi connectivity index (χ4v) is 1.97. The van der Waals surface area contributed by atoms with E-state index in [4.69, 9.17) is 21.4 Å². The molecule has 2 aromatic rings. The molecule has 19 heavy (non-hydrogen) atoms. The molecular formula is C15H13ClO3. The third-order valence-corrected chi connectivity index (χ3v) is 2.75. The van der Waals surface area contributed by atoms with Crippen molar-refractivity contribution < 1.29 is 14.6 Å². The van der Waals surface area contributed by atoms with Crippen LogP contribution < -0.4 is 4.74 Å². The van der Waals surface area contributed by atoms with E-state index >= 15 is 0 Å². The second-order valence-electron chi connectivity index (χ2n) is 4.14. The Morgan fingerprint density at radius 3 is 2.53 bits per heavy atom. The predicted molar refractivity (Wildman–Crippen MR) is 73.6 cm³/mol. The van der Waals surface area contributed by atoms with E-state index in [-0.39, 0.29) is 6.42 Å². The van der Waals surface area contributed by atoms with Crippen LogP contribution in [0.25, 0.3) is 0 Å². The van der Waals surface area contributed by atoms with Crippen LogP contribution in [0.4, 0.5) is 0 Å². The SMILES string of the molecule is O=C(O)Cc1cc(Cl)cc(OCc2ccccc2)c1. The van der Waals surface area contributed by atoms with Crippen molar-refractivity contribution in [1.29, 1.82) is 0 Å². The number of hydrogen-bond acceptors (Lipinski definition) is 2. The minimum atomic E-state index is -0.892. The van der Waals surface area contributed by atoms with Gasteiger partial charge in [-0.05, 0) is 29.3 Å². The van der Waals surface area contributed by atoms with Gasteiger partial charge in [0.1, 0.15) is 12.4 Å². The minimum absolute atomic E-state index is 0.0672. The summed E-state index contributed by atoms with van der Waals surface area (Å²) < 4.78 is 5.62. The van der Waals surface area contributed by atoms with Crippen LogP contribution in [0, 0.1) is 0 Å². The quantitative estimate of drug-likeness (QED) is 0.908. The van der Waals surface area contributed by atoms with E-state index in [9.17, 15) is 4.79 Å². The summed E-state index contributed by atoms with van der Waals surface area (Å²) in [5.74, 6) is -0.316. The smallest absolute Gasteiger partial charge is 0.307 e. The van der Waals surface area contributed by atoms with Gasteiger partial charge in [0.2, 0.25) is 0 Å². The van der Waals surface area contributed by atoms with Gasteiger partial charge in [-0.25, -0.2) is 0 Å². The van der Waals surface area contributed by atoms with Gasteiger partial charge < -0.3 is 9.84 Å². The Balaban J connectivity index is 2.07. The van der Waals surface area contributed by atoms with Crippen molar-refractivity contribution in [2.24, 2.45) is 0 Å². The van der Waals surface area contributed by atoms with Gasteiger partial charge in [-0.2, -0.15) is 0 Å². The maximum absolute atomic E-state index is 10.7. The summed E-state index contributed by atoms with van der Waals surface area (Å²) in [7, 11) is 0. The Hall–Kier alpha value is -2.00. The first-order chi connectivity index (χ1) is 9.13. The molecule has 0 saturated heterocycles. The van der Waals surface area contributed by atoms with Gasteiger partial charge in [0.25, 0.3) is 0 Å². The van der Waals surface area contributed by atoms with Crippen LogP contribution in [-0.2, 0) is 17.8 Å². The molecule has 0 amide bonds. The first-order valence-electron chi connectivity index (χ1n) is 5.81. The molecule has 0 aromatic heterocycles. The monoisotopic (exact) mass is 276 g/mol. The molecule has 0 atom stereocenters. The van der Waals surface area contributed by atoms with Crippen LogP contribution in [0.15, 0.2) is 48.5 Å². The number of carbonyl (C=O) groups is 1. The molecular weight excluding hydrogens is 264 g/mol. The number of halogens is 1. The largest absolute Gasteiger partial charge is 0.489 e. The normalized spacial score (nSPS) is 10.2. The number of aliphatic carboxylic acids is 1. The number of rotatable bonds is 5. The lowest BCUT2D eigenvalue weighted by Crippen LogP contribution is -2.01. The van der Waals surface area contributed by atoms with E-state index in [0.29, 0.717) is 22.9 Å². The Morgan fingerprint density at radius 1 is 1.11 bits per heavy atom. The molecule has 3 nitrogen and oxygen atoms in total. The van der Waals surface area contributed by atoms with Gasteiger partial charge in [0.05, 0.1) is 6.42 Å². The molecule has 0 unspecified atom stereocenters. The molecule has 1 N–H and O–H groups in total. The van der Waals surface area contributed by atoms with Gasteiger partial charge >= 0.3 is 5.97 Å². The Kier molecular flexibility index (Phi) is 4.42. The highest BCUT2D eigenvalue weighted by molar-refractivity contribution is 6.30. The predicted octanol–water partition coefficient (Wildman–Crippen LogP) is 3.55. The second kappa shape index (κ2) is 6.25. The molecule has 0 aliphatic carbocycles. The van der Waals surface area contributed by atoms with E-state index in [1.807, 2.05) is 30.3 Å². The number of carboxylic acid groups (broad SMARTS) is 1. The van der Waals surface area contributed by atoms with Crippen LogP contribution >= 0.6 is 11.6 Å². The standard InChI is InChI=1S/C15H13ClO3/c16-13-6-12(8-15(17)18)7-14(9-13)19-10-11-4-2-1-3-5-11/h1-7,9H,8,10H2,(H,17,18). The lowest BCUT2D eigenvalue weighted by molar-refractivity contribution is -0.136. The van der Waals surface area contributed by atoms with Gasteiger partial charge in [-0.3, -0.25) is 4.79 Å². The maximum Gasteiger partial charge on any atom is 0.307 e. The van der Waals surface area contributed by atoms with Crippen LogP contribution in [0.2, 0.25) is 5.02 Å². The zero-order valence-electron chi connectivity index (χ0n) is 10.2. The molecule has 98 valence electrons. The van der Waals surface area contributed by atoms with E-state index in [0.717, 1.165) is 5.56 Å². The summed E-state index contributed by atoms with van der Waals surface area (Å²) in [6.07, 6.45) is -0.0672. The number of hydrogen-bond donors (Lipinski definition) is 1.